The number of para-hydroxylation sites is 1. The number of hydrogen-bond donors (Lipinski definition) is 0. The molecule has 1 saturated carbocycles. The van der Waals surface area contributed by atoms with Crippen LogP contribution < -0.4 is 5.01 Å². The van der Waals surface area contributed by atoms with E-state index in [1.165, 1.54) is 0 Å². The smallest absolute Gasteiger partial charge is 0.193 e. The van der Waals surface area contributed by atoms with Gasteiger partial charge in [0, 0.05) is 12.0 Å². The highest BCUT2D eigenvalue weighted by Gasteiger charge is 2.62. The molecule has 0 spiro atoms. The molecule has 1 atom stereocenters. The first-order chi connectivity index (χ1) is 10.8. The van der Waals surface area contributed by atoms with E-state index in [4.69, 9.17) is 5.10 Å². The van der Waals surface area contributed by atoms with Crippen molar-refractivity contribution in [2.75, 3.05) is 5.01 Å². The zero-order valence-electron chi connectivity index (χ0n) is 12.2. The van der Waals surface area contributed by atoms with E-state index in [1.54, 1.807) is 0 Å². The molecular weight excluding hydrogens is 272 g/mol. The van der Waals surface area contributed by atoms with E-state index in [1.807, 2.05) is 47.5 Å². The van der Waals surface area contributed by atoms with Gasteiger partial charge in [0.05, 0.1) is 11.4 Å². The molecule has 5 rings (SSSR count). The summed E-state index contributed by atoms with van der Waals surface area (Å²) < 4.78 is 0. The SMILES string of the molecule is O=C1c2ccccc2N2N=C(c3ccccc3)CC12C1CC1. The summed E-state index contributed by atoms with van der Waals surface area (Å²) in [6.07, 6.45) is 3.00. The molecule has 1 fully saturated rings. The van der Waals surface area contributed by atoms with E-state index in [9.17, 15) is 4.79 Å². The molecule has 22 heavy (non-hydrogen) atoms. The first-order valence-electron chi connectivity index (χ1n) is 7.88. The minimum absolute atomic E-state index is 0.264. The second-order valence-electron chi connectivity index (χ2n) is 6.45. The van der Waals surface area contributed by atoms with Crippen molar-refractivity contribution in [3.8, 4) is 0 Å². The fourth-order valence-corrected chi connectivity index (χ4v) is 3.96. The molecule has 0 saturated heterocycles. The van der Waals surface area contributed by atoms with Gasteiger partial charge in [0.2, 0.25) is 0 Å². The summed E-state index contributed by atoms with van der Waals surface area (Å²) in [7, 11) is 0. The van der Waals surface area contributed by atoms with Gasteiger partial charge in [-0.25, -0.2) is 5.01 Å². The van der Waals surface area contributed by atoms with E-state index in [-0.39, 0.29) is 5.78 Å². The second kappa shape index (κ2) is 4.07. The molecule has 108 valence electrons. The lowest BCUT2D eigenvalue weighted by Gasteiger charge is -2.29. The quantitative estimate of drug-likeness (QED) is 0.845. The minimum Gasteiger partial charge on any atom is -0.291 e. The van der Waals surface area contributed by atoms with Gasteiger partial charge < -0.3 is 0 Å². The number of carbonyl (C=O) groups excluding carboxylic acids is 1. The Morgan fingerprint density at radius 3 is 2.50 bits per heavy atom. The Morgan fingerprint density at radius 2 is 1.73 bits per heavy atom. The predicted molar refractivity (Wildman–Crippen MR) is 86.3 cm³/mol. The number of hydrazone groups is 1. The van der Waals surface area contributed by atoms with Crippen LogP contribution in [0, 0.1) is 5.92 Å². The molecule has 0 amide bonds. The Balaban J connectivity index is 1.68. The predicted octanol–water partition coefficient (Wildman–Crippen LogP) is 3.65. The molecule has 3 heteroatoms. The minimum atomic E-state index is -0.450. The summed E-state index contributed by atoms with van der Waals surface area (Å²) >= 11 is 0. The molecule has 0 radical (unpaired) electrons. The summed E-state index contributed by atoms with van der Waals surface area (Å²) in [5.74, 6) is 0.706. The zero-order valence-corrected chi connectivity index (χ0v) is 12.2. The maximum atomic E-state index is 13.1. The van der Waals surface area contributed by atoms with E-state index in [0.29, 0.717) is 5.92 Å². The van der Waals surface area contributed by atoms with Gasteiger partial charge in [0.1, 0.15) is 5.54 Å². The summed E-state index contributed by atoms with van der Waals surface area (Å²) in [6, 6.07) is 18.1. The number of nitrogens with zero attached hydrogens (tertiary/aromatic N) is 2. The van der Waals surface area contributed by atoms with Gasteiger partial charge in [0.15, 0.2) is 5.78 Å². The van der Waals surface area contributed by atoms with Crippen molar-refractivity contribution >= 4 is 17.2 Å². The Hall–Kier alpha value is -2.42. The van der Waals surface area contributed by atoms with Crippen molar-refractivity contribution in [1.29, 1.82) is 0 Å². The van der Waals surface area contributed by atoms with Crippen LogP contribution in [0.4, 0.5) is 5.69 Å². The third kappa shape index (κ3) is 1.41. The van der Waals surface area contributed by atoms with Crippen molar-refractivity contribution < 1.29 is 4.79 Å². The van der Waals surface area contributed by atoms with E-state index >= 15 is 0 Å². The van der Waals surface area contributed by atoms with Gasteiger partial charge in [-0.15, -0.1) is 0 Å². The van der Waals surface area contributed by atoms with Crippen LogP contribution >= 0.6 is 0 Å². The summed E-state index contributed by atoms with van der Waals surface area (Å²) in [4.78, 5) is 13.1. The maximum Gasteiger partial charge on any atom is 0.193 e. The summed E-state index contributed by atoms with van der Waals surface area (Å²) in [5, 5.41) is 6.91. The third-order valence-electron chi connectivity index (χ3n) is 5.17. The lowest BCUT2D eigenvalue weighted by Crippen LogP contribution is -2.47. The highest BCUT2D eigenvalue weighted by Crippen LogP contribution is 2.55. The molecule has 2 aromatic carbocycles. The van der Waals surface area contributed by atoms with E-state index < -0.39 is 5.54 Å². The molecule has 0 aromatic heterocycles. The topological polar surface area (TPSA) is 32.7 Å². The fourth-order valence-electron chi connectivity index (χ4n) is 3.96. The van der Waals surface area contributed by atoms with Crippen molar-refractivity contribution in [2.45, 2.75) is 24.8 Å². The lowest BCUT2D eigenvalue weighted by atomic mass is 9.82. The molecule has 3 aliphatic rings. The van der Waals surface area contributed by atoms with Crippen LogP contribution in [0.1, 0.15) is 35.2 Å². The average molecular weight is 288 g/mol. The monoisotopic (exact) mass is 288 g/mol. The molecule has 2 aliphatic heterocycles. The van der Waals surface area contributed by atoms with Crippen LogP contribution in [0.5, 0.6) is 0 Å². The van der Waals surface area contributed by atoms with Gasteiger partial charge in [-0.1, -0.05) is 42.5 Å². The van der Waals surface area contributed by atoms with E-state index in [2.05, 4.69) is 12.1 Å². The van der Waals surface area contributed by atoms with Crippen molar-refractivity contribution in [3.63, 3.8) is 0 Å². The molecule has 1 unspecified atom stereocenters. The number of rotatable bonds is 2. The van der Waals surface area contributed by atoms with Gasteiger partial charge in [0.25, 0.3) is 0 Å². The third-order valence-corrected chi connectivity index (χ3v) is 5.17. The van der Waals surface area contributed by atoms with Crippen molar-refractivity contribution in [1.82, 2.24) is 0 Å². The number of fused-ring (bicyclic) bond motifs is 3. The number of carbonyl (C=O) groups is 1. The Labute approximate surface area is 129 Å². The number of ketones is 1. The normalized spacial score (nSPS) is 25.9. The van der Waals surface area contributed by atoms with Crippen LogP contribution in [-0.4, -0.2) is 17.0 Å². The van der Waals surface area contributed by atoms with Crippen LogP contribution in [-0.2, 0) is 0 Å². The Kier molecular flexibility index (Phi) is 2.25. The fraction of sp³-hybridized carbons (Fsp3) is 0.263. The molecule has 2 aromatic rings. The standard InChI is InChI=1S/C19H16N2O/c22-18-15-8-4-5-9-17(15)21-19(18,14-10-11-14)12-16(20-21)13-6-2-1-3-7-13/h1-9,14H,10-12H2. The summed E-state index contributed by atoms with van der Waals surface area (Å²) in [5.41, 5.74) is 3.53. The number of Topliss-reactive ketones (excluding diaryl/α,β-unsaturated/α-hetero) is 1. The summed E-state index contributed by atoms with van der Waals surface area (Å²) in [6.45, 7) is 0. The Bertz CT molecular complexity index is 807. The Morgan fingerprint density at radius 1 is 1.00 bits per heavy atom. The highest BCUT2D eigenvalue weighted by molar-refractivity contribution is 6.20. The van der Waals surface area contributed by atoms with Gasteiger partial charge >= 0.3 is 0 Å². The van der Waals surface area contributed by atoms with Crippen LogP contribution in [0.25, 0.3) is 0 Å². The van der Waals surface area contributed by atoms with E-state index in [0.717, 1.165) is 41.8 Å². The molecule has 3 nitrogen and oxygen atoms in total. The molecule has 0 N–H and O–H groups in total. The lowest BCUT2D eigenvalue weighted by molar-refractivity contribution is 0.0892. The average Bonchev–Trinajstić information content (AvgIpc) is 3.31. The number of benzene rings is 2. The molecule has 1 aliphatic carbocycles. The zero-order chi connectivity index (χ0) is 14.7. The van der Waals surface area contributed by atoms with Gasteiger partial charge in [-0.3, -0.25) is 4.79 Å². The molecule has 0 bridgehead atoms. The van der Waals surface area contributed by atoms with Gasteiger partial charge in [-0.2, -0.15) is 5.10 Å². The largest absolute Gasteiger partial charge is 0.291 e. The molecular formula is C19H16N2O. The van der Waals surface area contributed by atoms with Crippen LogP contribution in [0.3, 0.4) is 0 Å². The van der Waals surface area contributed by atoms with Crippen molar-refractivity contribution in [3.05, 3.63) is 65.7 Å². The first kappa shape index (κ1) is 12.2. The number of hydrogen-bond acceptors (Lipinski definition) is 3. The van der Waals surface area contributed by atoms with Crippen LogP contribution in [0.2, 0.25) is 0 Å². The maximum absolute atomic E-state index is 13.1. The van der Waals surface area contributed by atoms with Crippen molar-refractivity contribution in [2.24, 2.45) is 11.0 Å². The van der Waals surface area contributed by atoms with Gasteiger partial charge in [-0.05, 0) is 36.5 Å². The highest BCUT2D eigenvalue weighted by atomic mass is 16.1. The molecule has 2 heterocycles. The first-order valence-corrected chi connectivity index (χ1v) is 7.88. The second-order valence-corrected chi connectivity index (χ2v) is 6.45. The number of anilines is 1. The van der Waals surface area contributed by atoms with Crippen LogP contribution in [0.15, 0.2) is 59.7 Å².